The van der Waals surface area contributed by atoms with Crippen molar-refractivity contribution >= 4 is 17.6 Å². The number of nitrogen functional groups attached to an aromatic ring is 1. The molecule has 3 rings (SSSR count). The van der Waals surface area contributed by atoms with E-state index in [1.165, 1.54) is 27.8 Å². The predicted octanol–water partition coefficient (Wildman–Crippen LogP) is 7.18. The Labute approximate surface area is 186 Å². The smallest absolute Gasteiger partial charge is 0.115 e. The van der Waals surface area contributed by atoms with Gasteiger partial charge in [0.1, 0.15) is 5.75 Å². The molecule has 0 amide bonds. The van der Waals surface area contributed by atoms with Gasteiger partial charge in [0.05, 0.1) is 5.69 Å². The van der Waals surface area contributed by atoms with E-state index in [1.807, 2.05) is 18.3 Å². The van der Waals surface area contributed by atoms with Crippen LogP contribution in [0.25, 0.3) is 0 Å². The number of hydrogen-bond acceptors (Lipinski definition) is 3. The van der Waals surface area contributed by atoms with Crippen molar-refractivity contribution in [1.82, 2.24) is 0 Å². The Morgan fingerprint density at radius 2 is 1.39 bits per heavy atom. The van der Waals surface area contributed by atoms with Crippen LogP contribution in [-0.4, -0.2) is 11.3 Å². The van der Waals surface area contributed by atoms with Crippen LogP contribution in [0.15, 0.2) is 53.5 Å². The second kappa shape index (κ2) is 9.38. The van der Waals surface area contributed by atoms with E-state index >= 15 is 0 Å². The molecule has 0 aliphatic carbocycles. The maximum Gasteiger partial charge on any atom is 0.115 e. The topological polar surface area (TPSA) is 58.6 Å². The molecular weight excluding hydrogens is 380 g/mol. The van der Waals surface area contributed by atoms with Gasteiger partial charge in [-0.15, -0.1) is 0 Å². The van der Waals surface area contributed by atoms with Gasteiger partial charge in [-0.05, 0) is 95.3 Å². The second-order valence-corrected chi connectivity index (χ2v) is 9.10. The summed E-state index contributed by atoms with van der Waals surface area (Å²) in [4.78, 5) is 4.81. The molecule has 0 aliphatic heterocycles. The van der Waals surface area contributed by atoms with E-state index < -0.39 is 0 Å². The Hall–Kier alpha value is -3.07. The molecule has 162 valence electrons. The lowest BCUT2D eigenvalue weighted by atomic mass is 9.90. The van der Waals surface area contributed by atoms with Gasteiger partial charge in [-0.25, -0.2) is 0 Å². The third-order valence-electron chi connectivity index (χ3n) is 5.76. The van der Waals surface area contributed by atoms with Crippen LogP contribution < -0.4 is 5.73 Å². The predicted molar refractivity (Wildman–Crippen MR) is 133 cm³/mol. The summed E-state index contributed by atoms with van der Waals surface area (Å²) < 4.78 is 0. The van der Waals surface area contributed by atoms with Gasteiger partial charge >= 0.3 is 0 Å². The Kier molecular flexibility index (Phi) is 6.84. The SMILES string of the molecule is Cc1cc(Cc2cc(C)c(N=Cc3ccc(O)cc3)c(C(C)C)c2)cc(C(C)C)c1N. The van der Waals surface area contributed by atoms with Gasteiger partial charge in [0.25, 0.3) is 0 Å². The molecule has 0 saturated carbocycles. The van der Waals surface area contributed by atoms with E-state index in [4.69, 9.17) is 10.7 Å². The summed E-state index contributed by atoms with van der Waals surface area (Å²) in [5.74, 6) is 1.03. The average molecular weight is 415 g/mol. The van der Waals surface area contributed by atoms with Crippen LogP contribution in [0.1, 0.15) is 78.5 Å². The van der Waals surface area contributed by atoms with Crippen molar-refractivity contribution in [2.24, 2.45) is 4.99 Å². The Morgan fingerprint density at radius 1 is 0.839 bits per heavy atom. The summed E-state index contributed by atoms with van der Waals surface area (Å²) in [7, 11) is 0. The first-order valence-corrected chi connectivity index (χ1v) is 11.0. The Bertz CT molecular complexity index is 1090. The maximum absolute atomic E-state index is 9.48. The van der Waals surface area contributed by atoms with Crippen molar-refractivity contribution in [2.45, 2.75) is 59.8 Å². The summed E-state index contributed by atoms with van der Waals surface area (Å²) >= 11 is 0. The first kappa shape index (κ1) is 22.6. The quantitative estimate of drug-likeness (QED) is 0.331. The van der Waals surface area contributed by atoms with E-state index in [0.29, 0.717) is 11.8 Å². The number of phenolic OH excluding ortho intramolecular Hbond substituents is 1. The van der Waals surface area contributed by atoms with Crippen LogP contribution in [0.3, 0.4) is 0 Å². The molecule has 0 fully saturated rings. The molecule has 3 N–H and O–H groups in total. The fourth-order valence-electron chi connectivity index (χ4n) is 4.02. The molecule has 31 heavy (non-hydrogen) atoms. The molecular formula is C28H34N2O. The number of rotatable bonds is 6. The number of benzene rings is 3. The van der Waals surface area contributed by atoms with Crippen molar-refractivity contribution < 1.29 is 5.11 Å². The first-order chi connectivity index (χ1) is 14.7. The lowest BCUT2D eigenvalue weighted by molar-refractivity contribution is 0.475. The number of hydrogen-bond donors (Lipinski definition) is 2. The Balaban J connectivity index is 1.96. The molecule has 0 unspecified atom stereocenters. The average Bonchev–Trinajstić information content (AvgIpc) is 2.70. The first-order valence-electron chi connectivity index (χ1n) is 11.0. The van der Waals surface area contributed by atoms with Crippen molar-refractivity contribution in [3.05, 3.63) is 87.5 Å². The molecule has 0 aliphatic rings. The third kappa shape index (κ3) is 5.35. The van der Waals surface area contributed by atoms with Crippen molar-refractivity contribution in [3.8, 4) is 5.75 Å². The second-order valence-electron chi connectivity index (χ2n) is 9.10. The van der Waals surface area contributed by atoms with Crippen molar-refractivity contribution in [3.63, 3.8) is 0 Å². The van der Waals surface area contributed by atoms with Gasteiger partial charge in [0.15, 0.2) is 0 Å². The Morgan fingerprint density at radius 3 is 1.97 bits per heavy atom. The zero-order valence-corrected chi connectivity index (χ0v) is 19.5. The van der Waals surface area contributed by atoms with Crippen LogP contribution in [-0.2, 0) is 6.42 Å². The van der Waals surface area contributed by atoms with Crippen molar-refractivity contribution in [1.29, 1.82) is 0 Å². The molecule has 0 heterocycles. The van der Waals surface area contributed by atoms with E-state index in [0.717, 1.165) is 28.9 Å². The van der Waals surface area contributed by atoms with Gasteiger partial charge in [-0.3, -0.25) is 4.99 Å². The normalized spacial score (nSPS) is 11.7. The fraction of sp³-hybridized carbons (Fsp3) is 0.321. The zero-order chi connectivity index (χ0) is 22.7. The maximum atomic E-state index is 9.48. The van der Waals surface area contributed by atoms with Gasteiger partial charge < -0.3 is 10.8 Å². The molecule has 3 aromatic rings. The number of nitrogens with two attached hydrogens (primary N) is 1. The fourth-order valence-corrected chi connectivity index (χ4v) is 4.02. The molecule has 0 radical (unpaired) electrons. The summed E-state index contributed by atoms with van der Waals surface area (Å²) in [6.45, 7) is 13.0. The van der Waals surface area contributed by atoms with Gasteiger partial charge in [-0.1, -0.05) is 52.0 Å². The van der Waals surface area contributed by atoms with Crippen molar-refractivity contribution in [2.75, 3.05) is 5.73 Å². The highest BCUT2D eigenvalue weighted by Gasteiger charge is 2.13. The van der Waals surface area contributed by atoms with E-state index in [2.05, 4.69) is 65.8 Å². The summed E-state index contributed by atoms with van der Waals surface area (Å²) in [6, 6.07) is 16.1. The molecule has 0 atom stereocenters. The van der Waals surface area contributed by atoms with Crippen LogP contribution in [0, 0.1) is 13.8 Å². The number of phenols is 1. The highest BCUT2D eigenvalue weighted by molar-refractivity contribution is 5.83. The summed E-state index contributed by atoms with van der Waals surface area (Å²) in [5.41, 5.74) is 16.6. The lowest BCUT2D eigenvalue weighted by Crippen LogP contribution is -2.02. The minimum atomic E-state index is 0.263. The third-order valence-corrected chi connectivity index (χ3v) is 5.76. The van der Waals surface area contributed by atoms with Crippen LogP contribution in [0.5, 0.6) is 5.75 Å². The number of aromatic hydroxyl groups is 1. The van der Waals surface area contributed by atoms with Crippen LogP contribution in [0.4, 0.5) is 11.4 Å². The summed E-state index contributed by atoms with van der Waals surface area (Å²) in [6.07, 6.45) is 2.74. The monoisotopic (exact) mass is 414 g/mol. The summed E-state index contributed by atoms with van der Waals surface area (Å²) in [5, 5.41) is 9.48. The van der Waals surface area contributed by atoms with E-state index in [-0.39, 0.29) is 5.75 Å². The largest absolute Gasteiger partial charge is 0.508 e. The molecule has 0 spiro atoms. The number of aryl methyl sites for hydroxylation is 2. The minimum absolute atomic E-state index is 0.263. The lowest BCUT2D eigenvalue weighted by Gasteiger charge is -2.17. The molecule has 3 heteroatoms. The number of anilines is 1. The van der Waals surface area contributed by atoms with E-state index in [1.54, 1.807) is 12.1 Å². The van der Waals surface area contributed by atoms with Crippen LogP contribution in [0.2, 0.25) is 0 Å². The van der Waals surface area contributed by atoms with Gasteiger partial charge in [0.2, 0.25) is 0 Å². The van der Waals surface area contributed by atoms with E-state index in [9.17, 15) is 5.11 Å². The number of aliphatic imine (C=N–C) groups is 1. The zero-order valence-electron chi connectivity index (χ0n) is 19.5. The molecule has 0 bridgehead atoms. The van der Waals surface area contributed by atoms with Gasteiger partial charge in [0, 0.05) is 11.9 Å². The highest BCUT2D eigenvalue weighted by Crippen LogP contribution is 2.33. The molecule has 0 saturated heterocycles. The standard InChI is InChI=1S/C28H34N2O/c1-17(2)25-14-22(11-19(5)27(25)29)13-23-12-20(6)28(26(15-23)18(3)4)30-16-21-7-9-24(31)10-8-21/h7-12,14-18,31H,13,29H2,1-6H3. The molecule has 0 aromatic heterocycles. The van der Waals surface area contributed by atoms with Crippen LogP contribution >= 0.6 is 0 Å². The van der Waals surface area contributed by atoms with Gasteiger partial charge in [-0.2, -0.15) is 0 Å². The highest BCUT2D eigenvalue weighted by atomic mass is 16.3. The molecule has 3 nitrogen and oxygen atoms in total. The number of nitrogens with zero attached hydrogens (tertiary/aromatic N) is 1. The minimum Gasteiger partial charge on any atom is -0.508 e. The molecule has 3 aromatic carbocycles.